The van der Waals surface area contributed by atoms with Crippen LogP contribution in [-0.2, 0) is 0 Å². The zero-order valence-electron chi connectivity index (χ0n) is 16.1. The molecule has 0 aromatic heterocycles. The first-order valence-electron chi connectivity index (χ1n) is 9.36. The highest BCUT2D eigenvalue weighted by Gasteiger charge is 2.25. The maximum Gasteiger partial charge on any atom is 0.321 e. The number of anilines is 1. The molecule has 6 nitrogen and oxygen atoms in total. The number of halogens is 2. The molecule has 3 rings (SSSR count). The molecule has 0 spiro atoms. The molecule has 0 radical (unpaired) electrons. The van der Waals surface area contributed by atoms with Gasteiger partial charge in [-0.05, 0) is 30.7 Å². The summed E-state index contributed by atoms with van der Waals surface area (Å²) in [5.41, 5.74) is 1.80. The summed E-state index contributed by atoms with van der Waals surface area (Å²) in [5, 5.41) is 2.76. The molecule has 0 atom stereocenters. The number of hydrogen-bond donors (Lipinski definition) is 1. The smallest absolute Gasteiger partial charge is 0.321 e. The van der Waals surface area contributed by atoms with Crippen LogP contribution in [0.3, 0.4) is 0 Å². The van der Waals surface area contributed by atoms with E-state index in [2.05, 4.69) is 5.32 Å². The fourth-order valence-corrected chi connectivity index (χ4v) is 3.06. The fraction of sp³-hybridized carbons (Fsp3) is 0.333. The number of nitrogens with zero attached hydrogens (tertiary/aromatic N) is 2. The SMILES string of the molecule is Cc1ccc(NC(=O)N2CCN(C(=O)c3ccccc3)CC2)cc1OCC(F)F. The van der Waals surface area contributed by atoms with Gasteiger partial charge in [0.15, 0.2) is 0 Å². The molecule has 1 heterocycles. The van der Waals surface area contributed by atoms with Crippen LogP contribution >= 0.6 is 0 Å². The second-order valence-corrected chi connectivity index (χ2v) is 6.76. The Labute approximate surface area is 168 Å². The normalized spacial score (nSPS) is 14.1. The molecule has 1 saturated heterocycles. The molecule has 0 saturated carbocycles. The summed E-state index contributed by atoms with van der Waals surface area (Å²) < 4.78 is 29.8. The number of carbonyl (C=O) groups excluding carboxylic acids is 2. The van der Waals surface area contributed by atoms with Crippen LogP contribution in [0, 0.1) is 6.92 Å². The summed E-state index contributed by atoms with van der Waals surface area (Å²) in [6, 6.07) is 13.7. The molecule has 2 aromatic carbocycles. The van der Waals surface area contributed by atoms with E-state index >= 15 is 0 Å². The van der Waals surface area contributed by atoms with Crippen molar-refractivity contribution >= 4 is 17.6 Å². The third-order valence-corrected chi connectivity index (χ3v) is 4.68. The zero-order valence-corrected chi connectivity index (χ0v) is 16.1. The topological polar surface area (TPSA) is 61.9 Å². The van der Waals surface area contributed by atoms with Crippen LogP contribution in [0.2, 0.25) is 0 Å². The van der Waals surface area contributed by atoms with Crippen molar-refractivity contribution in [3.63, 3.8) is 0 Å². The molecule has 0 bridgehead atoms. The average molecular weight is 403 g/mol. The lowest BCUT2D eigenvalue weighted by Gasteiger charge is -2.34. The number of benzene rings is 2. The lowest BCUT2D eigenvalue weighted by Crippen LogP contribution is -2.51. The van der Waals surface area contributed by atoms with Gasteiger partial charge in [0.2, 0.25) is 0 Å². The minimum Gasteiger partial charge on any atom is -0.487 e. The second kappa shape index (κ2) is 9.36. The fourth-order valence-electron chi connectivity index (χ4n) is 3.06. The lowest BCUT2D eigenvalue weighted by molar-refractivity contribution is 0.0671. The minimum atomic E-state index is -2.57. The number of carbonyl (C=O) groups is 2. The molecule has 0 aliphatic carbocycles. The molecular formula is C21H23F2N3O3. The van der Waals surface area contributed by atoms with E-state index in [1.807, 2.05) is 18.2 Å². The Balaban J connectivity index is 1.55. The Morgan fingerprint density at radius 2 is 1.69 bits per heavy atom. The molecule has 29 heavy (non-hydrogen) atoms. The van der Waals surface area contributed by atoms with E-state index in [1.54, 1.807) is 41.0 Å². The number of rotatable bonds is 5. The third-order valence-electron chi connectivity index (χ3n) is 4.68. The van der Waals surface area contributed by atoms with Crippen LogP contribution in [0.4, 0.5) is 19.3 Å². The van der Waals surface area contributed by atoms with Crippen molar-refractivity contribution in [3.8, 4) is 5.75 Å². The van der Waals surface area contributed by atoms with Gasteiger partial charge in [0, 0.05) is 43.5 Å². The van der Waals surface area contributed by atoms with E-state index in [1.165, 1.54) is 6.07 Å². The summed E-state index contributed by atoms with van der Waals surface area (Å²) in [6.45, 7) is 2.75. The predicted octanol–water partition coefficient (Wildman–Crippen LogP) is 3.63. The first-order valence-corrected chi connectivity index (χ1v) is 9.36. The number of piperazine rings is 1. The summed E-state index contributed by atoms with van der Waals surface area (Å²) in [7, 11) is 0. The summed E-state index contributed by atoms with van der Waals surface area (Å²) in [4.78, 5) is 28.4. The molecule has 3 amide bonds. The van der Waals surface area contributed by atoms with E-state index in [0.29, 0.717) is 48.7 Å². The molecular weight excluding hydrogens is 380 g/mol. The Morgan fingerprint density at radius 1 is 1.03 bits per heavy atom. The van der Waals surface area contributed by atoms with Crippen molar-refractivity contribution in [2.24, 2.45) is 0 Å². The standard InChI is InChI=1S/C21H23F2N3O3/c1-15-7-8-17(13-18(15)29-14-19(22)23)24-21(28)26-11-9-25(10-12-26)20(27)16-5-3-2-4-6-16/h2-8,13,19H,9-12,14H2,1H3,(H,24,28). The van der Waals surface area contributed by atoms with Gasteiger partial charge in [0.25, 0.3) is 12.3 Å². The number of amides is 3. The van der Waals surface area contributed by atoms with Crippen LogP contribution in [0.15, 0.2) is 48.5 Å². The number of ether oxygens (including phenoxy) is 1. The van der Waals surface area contributed by atoms with Crippen LogP contribution in [0.5, 0.6) is 5.75 Å². The monoisotopic (exact) mass is 403 g/mol. The summed E-state index contributed by atoms with van der Waals surface area (Å²) in [5.74, 6) is 0.256. The maximum atomic E-state index is 12.5. The van der Waals surface area contributed by atoms with Crippen molar-refractivity contribution in [3.05, 3.63) is 59.7 Å². The first-order chi connectivity index (χ1) is 13.9. The molecule has 1 N–H and O–H groups in total. The average Bonchev–Trinajstić information content (AvgIpc) is 2.74. The number of urea groups is 1. The van der Waals surface area contributed by atoms with Crippen molar-refractivity contribution < 1.29 is 23.1 Å². The van der Waals surface area contributed by atoms with Crippen molar-refractivity contribution in [2.75, 3.05) is 38.1 Å². The highest BCUT2D eigenvalue weighted by atomic mass is 19.3. The Kier molecular flexibility index (Phi) is 6.64. The van der Waals surface area contributed by atoms with Crippen LogP contribution < -0.4 is 10.1 Å². The van der Waals surface area contributed by atoms with Gasteiger partial charge in [-0.25, -0.2) is 13.6 Å². The zero-order chi connectivity index (χ0) is 20.8. The number of alkyl halides is 2. The van der Waals surface area contributed by atoms with Crippen LogP contribution in [-0.4, -0.2) is 60.9 Å². The quantitative estimate of drug-likeness (QED) is 0.829. The highest BCUT2D eigenvalue weighted by molar-refractivity contribution is 5.94. The van der Waals surface area contributed by atoms with Gasteiger partial charge >= 0.3 is 6.03 Å². The van der Waals surface area contributed by atoms with E-state index in [4.69, 9.17) is 4.74 Å². The molecule has 1 aliphatic rings. The highest BCUT2D eigenvalue weighted by Crippen LogP contribution is 2.23. The Bertz CT molecular complexity index is 854. The van der Waals surface area contributed by atoms with Gasteiger partial charge in [0.1, 0.15) is 12.4 Å². The minimum absolute atomic E-state index is 0.0509. The van der Waals surface area contributed by atoms with E-state index < -0.39 is 13.0 Å². The van der Waals surface area contributed by atoms with Gasteiger partial charge in [-0.2, -0.15) is 0 Å². The number of nitrogens with one attached hydrogen (secondary N) is 1. The summed E-state index contributed by atoms with van der Waals surface area (Å²) >= 11 is 0. The molecule has 2 aromatic rings. The second-order valence-electron chi connectivity index (χ2n) is 6.76. The van der Waals surface area contributed by atoms with Crippen molar-refractivity contribution in [2.45, 2.75) is 13.3 Å². The molecule has 8 heteroatoms. The molecule has 0 unspecified atom stereocenters. The van der Waals surface area contributed by atoms with E-state index in [-0.39, 0.29) is 11.9 Å². The molecule has 154 valence electrons. The molecule has 1 aliphatic heterocycles. The largest absolute Gasteiger partial charge is 0.487 e. The van der Waals surface area contributed by atoms with Crippen molar-refractivity contribution in [1.82, 2.24) is 9.80 Å². The summed E-state index contributed by atoms with van der Waals surface area (Å²) in [6.07, 6.45) is -2.57. The van der Waals surface area contributed by atoms with Gasteiger partial charge in [-0.3, -0.25) is 4.79 Å². The predicted molar refractivity (Wildman–Crippen MR) is 106 cm³/mol. The lowest BCUT2D eigenvalue weighted by atomic mass is 10.2. The number of aryl methyl sites for hydroxylation is 1. The maximum absolute atomic E-state index is 12.5. The van der Waals surface area contributed by atoms with Gasteiger partial charge in [-0.15, -0.1) is 0 Å². The van der Waals surface area contributed by atoms with Gasteiger partial charge in [-0.1, -0.05) is 24.3 Å². The number of hydrogen-bond acceptors (Lipinski definition) is 3. The van der Waals surface area contributed by atoms with E-state index in [0.717, 1.165) is 0 Å². The van der Waals surface area contributed by atoms with Crippen molar-refractivity contribution in [1.29, 1.82) is 0 Å². The van der Waals surface area contributed by atoms with Crippen LogP contribution in [0.1, 0.15) is 15.9 Å². The first kappa shape index (κ1) is 20.6. The van der Waals surface area contributed by atoms with E-state index in [9.17, 15) is 18.4 Å². The third kappa shape index (κ3) is 5.43. The Hall–Kier alpha value is -3.16. The van der Waals surface area contributed by atoms with Gasteiger partial charge in [0.05, 0.1) is 0 Å². The van der Waals surface area contributed by atoms with Gasteiger partial charge < -0.3 is 19.9 Å². The van der Waals surface area contributed by atoms with Crippen LogP contribution in [0.25, 0.3) is 0 Å². The Morgan fingerprint density at radius 3 is 2.34 bits per heavy atom. The molecule has 1 fully saturated rings.